The summed E-state index contributed by atoms with van der Waals surface area (Å²) in [5, 5.41) is 11.6. The van der Waals surface area contributed by atoms with E-state index in [-0.39, 0.29) is 0 Å². The van der Waals surface area contributed by atoms with Gasteiger partial charge in [0.05, 0.1) is 5.69 Å². The summed E-state index contributed by atoms with van der Waals surface area (Å²) in [4.78, 5) is 4.31. The minimum atomic E-state index is 0.595. The van der Waals surface area contributed by atoms with Gasteiger partial charge < -0.3 is 9.84 Å². The molecule has 0 saturated carbocycles. The molecule has 6 nitrogen and oxygen atoms in total. The van der Waals surface area contributed by atoms with E-state index in [1.54, 1.807) is 10.9 Å². The standard InChI is InChI=1S/C14H15N5O/c1-10-11(9-16-13-6-8-19(2)17-13)14(18-20-10)12-5-3-4-7-15-12/h3-8H,9H2,1-2H3,(H,16,17). The van der Waals surface area contributed by atoms with Crippen LogP contribution >= 0.6 is 0 Å². The number of nitrogens with one attached hydrogen (secondary N) is 1. The molecule has 0 radical (unpaired) electrons. The molecule has 3 aromatic rings. The van der Waals surface area contributed by atoms with Gasteiger partial charge in [0, 0.05) is 37.6 Å². The zero-order valence-corrected chi connectivity index (χ0v) is 11.4. The van der Waals surface area contributed by atoms with Crippen molar-refractivity contribution in [2.75, 3.05) is 5.32 Å². The van der Waals surface area contributed by atoms with Crippen LogP contribution in [0.3, 0.4) is 0 Å². The fourth-order valence-electron chi connectivity index (χ4n) is 1.99. The molecule has 0 amide bonds. The van der Waals surface area contributed by atoms with E-state index in [0.717, 1.165) is 28.5 Å². The molecule has 0 aliphatic rings. The van der Waals surface area contributed by atoms with Crippen molar-refractivity contribution in [3.05, 3.63) is 48.0 Å². The lowest BCUT2D eigenvalue weighted by Crippen LogP contribution is -2.03. The predicted molar refractivity (Wildman–Crippen MR) is 75.0 cm³/mol. The van der Waals surface area contributed by atoms with Gasteiger partial charge in [-0.1, -0.05) is 11.2 Å². The van der Waals surface area contributed by atoms with Crippen molar-refractivity contribution in [2.24, 2.45) is 7.05 Å². The maximum absolute atomic E-state index is 5.29. The fraction of sp³-hybridized carbons (Fsp3) is 0.214. The van der Waals surface area contributed by atoms with Crippen LogP contribution in [-0.4, -0.2) is 19.9 Å². The minimum absolute atomic E-state index is 0.595. The van der Waals surface area contributed by atoms with Crippen LogP contribution in [0.25, 0.3) is 11.4 Å². The molecule has 0 unspecified atom stereocenters. The normalized spacial score (nSPS) is 10.7. The molecule has 6 heteroatoms. The summed E-state index contributed by atoms with van der Waals surface area (Å²) in [7, 11) is 1.88. The number of nitrogens with zero attached hydrogens (tertiary/aromatic N) is 4. The summed E-state index contributed by atoms with van der Waals surface area (Å²) in [6.45, 7) is 2.49. The molecular weight excluding hydrogens is 254 g/mol. The second-order valence-corrected chi connectivity index (χ2v) is 4.51. The highest BCUT2D eigenvalue weighted by Gasteiger charge is 2.15. The lowest BCUT2D eigenvalue weighted by atomic mass is 10.1. The number of aryl methyl sites for hydroxylation is 2. The number of aromatic nitrogens is 4. The van der Waals surface area contributed by atoms with Crippen LogP contribution in [0, 0.1) is 6.92 Å². The average molecular weight is 269 g/mol. The smallest absolute Gasteiger partial charge is 0.148 e. The minimum Gasteiger partial charge on any atom is -0.364 e. The summed E-state index contributed by atoms with van der Waals surface area (Å²) < 4.78 is 7.04. The first kappa shape index (κ1) is 12.4. The van der Waals surface area contributed by atoms with Gasteiger partial charge in [0.1, 0.15) is 17.3 Å². The first-order valence-electron chi connectivity index (χ1n) is 6.34. The predicted octanol–water partition coefficient (Wildman–Crippen LogP) is 2.39. The van der Waals surface area contributed by atoms with Gasteiger partial charge in [-0.25, -0.2) is 0 Å². The molecule has 3 aromatic heterocycles. The Balaban J connectivity index is 1.84. The molecule has 102 valence electrons. The van der Waals surface area contributed by atoms with E-state index >= 15 is 0 Å². The van der Waals surface area contributed by atoms with Gasteiger partial charge in [-0.05, 0) is 19.1 Å². The molecule has 0 saturated heterocycles. The summed E-state index contributed by atoms with van der Waals surface area (Å²) in [5.74, 6) is 1.61. The van der Waals surface area contributed by atoms with Crippen LogP contribution in [-0.2, 0) is 13.6 Å². The molecule has 3 rings (SSSR count). The van der Waals surface area contributed by atoms with Gasteiger partial charge >= 0.3 is 0 Å². The Bertz CT molecular complexity index is 701. The molecule has 0 fully saturated rings. The number of pyridine rings is 1. The van der Waals surface area contributed by atoms with E-state index < -0.39 is 0 Å². The third-order valence-corrected chi connectivity index (χ3v) is 3.05. The maximum Gasteiger partial charge on any atom is 0.148 e. The van der Waals surface area contributed by atoms with Crippen LogP contribution in [0.5, 0.6) is 0 Å². The Morgan fingerprint density at radius 1 is 1.30 bits per heavy atom. The molecule has 0 bridgehead atoms. The van der Waals surface area contributed by atoms with Crippen LogP contribution in [0.2, 0.25) is 0 Å². The zero-order valence-electron chi connectivity index (χ0n) is 11.4. The highest BCUT2D eigenvalue weighted by Crippen LogP contribution is 2.24. The molecule has 20 heavy (non-hydrogen) atoms. The highest BCUT2D eigenvalue weighted by atomic mass is 16.5. The van der Waals surface area contributed by atoms with Crippen molar-refractivity contribution < 1.29 is 4.52 Å². The third kappa shape index (κ3) is 2.40. The van der Waals surface area contributed by atoms with Crippen molar-refractivity contribution in [3.63, 3.8) is 0 Å². The molecule has 0 aliphatic carbocycles. The summed E-state index contributed by atoms with van der Waals surface area (Å²) >= 11 is 0. The topological polar surface area (TPSA) is 68.8 Å². The van der Waals surface area contributed by atoms with Gasteiger partial charge in [-0.3, -0.25) is 9.67 Å². The zero-order chi connectivity index (χ0) is 13.9. The van der Waals surface area contributed by atoms with Gasteiger partial charge in [0.15, 0.2) is 0 Å². The van der Waals surface area contributed by atoms with Gasteiger partial charge in [0.25, 0.3) is 0 Å². The molecule has 0 aromatic carbocycles. The molecular formula is C14H15N5O. The first-order valence-corrected chi connectivity index (χ1v) is 6.34. The third-order valence-electron chi connectivity index (χ3n) is 3.05. The first-order chi connectivity index (χ1) is 9.74. The van der Waals surface area contributed by atoms with Gasteiger partial charge in [-0.2, -0.15) is 5.10 Å². The highest BCUT2D eigenvalue weighted by molar-refractivity contribution is 5.59. The summed E-state index contributed by atoms with van der Waals surface area (Å²) in [6, 6.07) is 7.65. The van der Waals surface area contributed by atoms with Gasteiger partial charge in [0.2, 0.25) is 0 Å². The molecule has 3 heterocycles. The fourth-order valence-corrected chi connectivity index (χ4v) is 1.99. The molecule has 0 atom stereocenters. The van der Waals surface area contributed by atoms with Crippen molar-refractivity contribution >= 4 is 5.82 Å². The summed E-state index contributed by atoms with van der Waals surface area (Å²) in [6.07, 6.45) is 3.64. The maximum atomic E-state index is 5.29. The molecule has 0 spiro atoms. The van der Waals surface area contributed by atoms with Gasteiger partial charge in [-0.15, -0.1) is 0 Å². The van der Waals surface area contributed by atoms with Crippen molar-refractivity contribution in [1.82, 2.24) is 19.9 Å². The van der Waals surface area contributed by atoms with E-state index in [2.05, 4.69) is 20.6 Å². The van der Waals surface area contributed by atoms with E-state index in [0.29, 0.717) is 6.54 Å². The Morgan fingerprint density at radius 2 is 2.20 bits per heavy atom. The number of hydrogen-bond donors (Lipinski definition) is 1. The Kier molecular flexibility index (Phi) is 3.20. The largest absolute Gasteiger partial charge is 0.364 e. The van der Waals surface area contributed by atoms with Crippen LogP contribution in [0.4, 0.5) is 5.82 Å². The lowest BCUT2D eigenvalue weighted by molar-refractivity contribution is 0.398. The quantitative estimate of drug-likeness (QED) is 0.787. The second kappa shape index (κ2) is 5.16. The lowest BCUT2D eigenvalue weighted by Gasteiger charge is -2.03. The van der Waals surface area contributed by atoms with E-state index in [1.807, 2.05) is 44.4 Å². The Labute approximate surface area is 116 Å². The Morgan fingerprint density at radius 3 is 2.90 bits per heavy atom. The van der Waals surface area contributed by atoms with Crippen molar-refractivity contribution in [3.8, 4) is 11.4 Å². The Hall–Kier alpha value is -2.63. The van der Waals surface area contributed by atoms with E-state index in [9.17, 15) is 0 Å². The monoisotopic (exact) mass is 269 g/mol. The average Bonchev–Trinajstić information content (AvgIpc) is 3.04. The SMILES string of the molecule is Cc1onc(-c2ccccn2)c1CNc1ccn(C)n1. The summed E-state index contributed by atoms with van der Waals surface area (Å²) in [5.41, 5.74) is 2.57. The second-order valence-electron chi connectivity index (χ2n) is 4.51. The van der Waals surface area contributed by atoms with E-state index in [4.69, 9.17) is 4.52 Å². The number of rotatable bonds is 4. The van der Waals surface area contributed by atoms with Crippen LogP contribution < -0.4 is 5.32 Å². The number of anilines is 1. The van der Waals surface area contributed by atoms with E-state index in [1.165, 1.54) is 0 Å². The van der Waals surface area contributed by atoms with Crippen LogP contribution in [0.1, 0.15) is 11.3 Å². The van der Waals surface area contributed by atoms with Crippen molar-refractivity contribution in [2.45, 2.75) is 13.5 Å². The molecule has 1 N–H and O–H groups in total. The molecule has 0 aliphatic heterocycles. The number of hydrogen-bond acceptors (Lipinski definition) is 5. The van der Waals surface area contributed by atoms with Crippen LogP contribution in [0.15, 0.2) is 41.2 Å². The van der Waals surface area contributed by atoms with Crippen molar-refractivity contribution in [1.29, 1.82) is 0 Å².